The van der Waals surface area contributed by atoms with Crippen molar-refractivity contribution in [3.63, 3.8) is 0 Å². The molecule has 5 atom stereocenters. The number of rotatable bonds is 11. The van der Waals surface area contributed by atoms with Crippen molar-refractivity contribution in [2.24, 2.45) is 0 Å². The molecule has 0 bridgehead atoms. The van der Waals surface area contributed by atoms with Gasteiger partial charge in [0.05, 0.1) is 13.2 Å². The summed E-state index contributed by atoms with van der Waals surface area (Å²) in [4.78, 5) is 0. The molecule has 1 unspecified atom stereocenters. The van der Waals surface area contributed by atoms with E-state index in [2.05, 4.69) is 6.92 Å². The topological polar surface area (TPSA) is 99.4 Å². The van der Waals surface area contributed by atoms with E-state index in [1.165, 1.54) is 32.1 Å². The number of para-hydroxylation sites is 1. The van der Waals surface area contributed by atoms with Crippen molar-refractivity contribution in [2.75, 3.05) is 13.2 Å². The molecule has 4 N–H and O–H groups in total. The van der Waals surface area contributed by atoms with Crippen LogP contribution in [0.25, 0.3) is 0 Å². The normalized spacial score (nSPS) is 28.3. The van der Waals surface area contributed by atoms with Crippen molar-refractivity contribution in [2.45, 2.75) is 82.4 Å². The lowest BCUT2D eigenvalue weighted by molar-refractivity contribution is -0.232. The Morgan fingerprint density at radius 2 is 1.56 bits per heavy atom. The molecule has 1 aliphatic heterocycles. The van der Waals surface area contributed by atoms with Crippen LogP contribution >= 0.6 is 0 Å². The first-order valence-corrected chi connectivity index (χ1v) is 10.1. The van der Waals surface area contributed by atoms with Crippen molar-refractivity contribution in [1.29, 1.82) is 0 Å². The maximum absolute atomic E-state index is 10.3. The Balaban J connectivity index is 1.91. The fraction of sp³-hybridized carbons (Fsp3) is 0.714. The van der Waals surface area contributed by atoms with Gasteiger partial charge < -0.3 is 29.9 Å². The molecule has 0 saturated carbocycles. The van der Waals surface area contributed by atoms with E-state index in [1.807, 2.05) is 6.07 Å². The van der Waals surface area contributed by atoms with Gasteiger partial charge in [-0.05, 0) is 12.5 Å². The second kappa shape index (κ2) is 11.6. The zero-order valence-corrected chi connectivity index (χ0v) is 16.2. The Bertz CT molecular complexity index is 535. The van der Waals surface area contributed by atoms with Crippen molar-refractivity contribution in [3.8, 4) is 5.75 Å². The molecule has 1 heterocycles. The third-order valence-electron chi connectivity index (χ3n) is 5.12. The standard InChI is InChI=1S/C21H34O6/c1-2-3-4-5-6-7-10-13-26-16-12-9-8-11-15(16)21-20(25)19(24)18(23)17(14-22)27-21/h8-9,11-12,17-25H,2-7,10,13-14H2,1H3/t17-,18-,19+,20+,21?/m1/s1. The largest absolute Gasteiger partial charge is 0.493 e. The third kappa shape index (κ3) is 6.16. The second-order valence-electron chi connectivity index (χ2n) is 7.26. The number of aliphatic hydroxyl groups excluding tert-OH is 4. The van der Waals surface area contributed by atoms with E-state index < -0.39 is 37.1 Å². The van der Waals surface area contributed by atoms with Crippen LogP contribution < -0.4 is 4.74 Å². The van der Waals surface area contributed by atoms with Crippen LogP contribution in [0.4, 0.5) is 0 Å². The summed E-state index contributed by atoms with van der Waals surface area (Å²) < 4.78 is 11.5. The van der Waals surface area contributed by atoms with Gasteiger partial charge in [-0.25, -0.2) is 0 Å². The number of aliphatic hydroxyl groups is 4. The highest BCUT2D eigenvalue weighted by atomic mass is 16.5. The highest BCUT2D eigenvalue weighted by molar-refractivity contribution is 5.36. The lowest BCUT2D eigenvalue weighted by Gasteiger charge is -2.40. The van der Waals surface area contributed by atoms with Crippen molar-refractivity contribution in [3.05, 3.63) is 29.8 Å². The average Bonchev–Trinajstić information content (AvgIpc) is 2.69. The Morgan fingerprint density at radius 3 is 2.26 bits per heavy atom. The van der Waals surface area contributed by atoms with Gasteiger partial charge in [0.25, 0.3) is 0 Å². The summed E-state index contributed by atoms with van der Waals surface area (Å²) in [5.74, 6) is 0.591. The molecule has 154 valence electrons. The first-order valence-electron chi connectivity index (χ1n) is 10.1. The molecule has 1 aliphatic rings. The Hall–Kier alpha value is -1.18. The molecule has 0 spiro atoms. The molecule has 2 rings (SSSR count). The van der Waals surface area contributed by atoms with Crippen LogP contribution in [0, 0.1) is 0 Å². The molecule has 0 radical (unpaired) electrons. The monoisotopic (exact) mass is 382 g/mol. The summed E-state index contributed by atoms with van der Waals surface area (Å²) in [5.41, 5.74) is 0.609. The smallest absolute Gasteiger partial charge is 0.125 e. The maximum Gasteiger partial charge on any atom is 0.125 e. The van der Waals surface area contributed by atoms with E-state index in [0.29, 0.717) is 17.9 Å². The molecular formula is C21H34O6. The van der Waals surface area contributed by atoms with Crippen LogP contribution in [-0.2, 0) is 4.74 Å². The van der Waals surface area contributed by atoms with Gasteiger partial charge >= 0.3 is 0 Å². The average molecular weight is 382 g/mol. The van der Waals surface area contributed by atoms with Gasteiger partial charge in [-0.3, -0.25) is 0 Å². The number of unbranched alkanes of at least 4 members (excludes halogenated alkanes) is 6. The van der Waals surface area contributed by atoms with Gasteiger partial charge in [0, 0.05) is 5.56 Å². The first kappa shape index (κ1) is 22.1. The van der Waals surface area contributed by atoms with E-state index in [0.717, 1.165) is 12.8 Å². The van der Waals surface area contributed by atoms with Gasteiger partial charge in [-0.15, -0.1) is 0 Å². The van der Waals surface area contributed by atoms with Gasteiger partial charge in [-0.1, -0.05) is 63.6 Å². The van der Waals surface area contributed by atoms with Crippen molar-refractivity contribution < 1.29 is 29.9 Å². The number of ether oxygens (including phenoxy) is 2. The van der Waals surface area contributed by atoms with E-state index in [1.54, 1.807) is 18.2 Å². The predicted octanol–water partition coefficient (Wildman–Crippen LogP) is 2.33. The van der Waals surface area contributed by atoms with Gasteiger partial charge in [0.1, 0.15) is 36.3 Å². The fourth-order valence-corrected chi connectivity index (χ4v) is 3.45. The number of hydrogen-bond acceptors (Lipinski definition) is 6. The summed E-state index contributed by atoms with van der Waals surface area (Å²) in [7, 11) is 0. The SMILES string of the molecule is CCCCCCCCCOc1ccccc1C1O[C@H](CO)[C@@H](O)[C@H](O)[C@@H]1O. The molecule has 0 amide bonds. The highest BCUT2D eigenvalue weighted by Crippen LogP contribution is 2.36. The van der Waals surface area contributed by atoms with Gasteiger partial charge in [0.2, 0.25) is 0 Å². The van der Waals surface area contributed by atoms with E-state index in [4.69, 9.17) is 9.47 Å². The summed E-state index contributed by atoms with van der Waals surface area (Å²) in [6.07, 6.45) is 2.52. The summed E-state index contributed by atoms with van der Waals surface area (Å²) in [6, 6.07) is 7.22. The second-order valence-corrected chi connectivity index (χ2v) is 7.26. The minimum Gasteiger partial charge on any atom is -0.493 e. The Morgan fingerprint density at radius 1 is 0.889 bits per heavy atom. The molecule has 0 aliphatic carbocycles. The molecule has 1 fully saturated rings. The van der Waals surface area contributed by atoms with Crippen molar-refractivity contribution >= 4 is 0 Å². The number of hydrogen-bond donors (Lipinski definition) is 4. The molecule has 27 heavy (non-hydrogen) atoms. The predicted molar refractivity (Wildman–Crippen MR) is 103 cm³/mol. The quantitative estimate of drug-likeness (QED) is 0.439. The molecule has 1 aromatic carbocycles. The van der Waals surface area contributed by atoms with E-state index >= 15 is 0 Å². The van der Waals surface area contributed by atoms with Crippen LogP contribution in [-0.4, -0.2) is 58.1 Å². The van der Waals surface area contributed by atoms with Crippen LogP contribution in [0.5, 0.6) is 5.75 Å². The van der Waals surface area contributed by atoms with Crippen molar-refractivity contribution in [1.82, 2.24) is 0 Å². The molecule has 6 heteroatoms. The summed E-state index contributed by atoms with van der Waals surface area (Å²) in [6.45, 7) is 2.34. The van der Waals surface area contributed by atoms with Gasteiger partial charge in [-0.2, -0.15) is 0 Å². The fourth-order valence-electron chi connectivity index (χ4n) is 3.45. The van der Waals surface area contributed by atoms with Crippen LogP contribution in [0.2, 0.25) is 0 Å². The molecule has 6 nitrogen and oxygen atoms in total. The van der Waals surface area contributed by atoms with E-state index in [9.17, 15) is 20.4 Å². The van der Waals surface area contributed by atoms with Gasteiger partial charge in [0.15, 0.2) is 0 Å². The minimum absolute atomic E-state index is 0.442. The third-order valence-corrected chi connectivity index (χ3v) is 5.12. The lowest BCUT2D eigenvalue weighted by atomic mass is 9.91. The lowest BCUT2D eigenvalue weighted by Crippen LogP contribution is -2.55. The Labute approximate surface area is 161 Å². The highest BCUT2D eigenvalue weighted by Gasteiger charge is 2.44. The van der Waals surface area contributed by atoms with Crippen LogP contribution in [0.15, 0.2) is 24.3 Å². The molecular weight excluding hydrogens is 348 g/mol. The zero-order valence-electron chi connectivity index (χ0n) is 16.2. The Kier molecular flexibility index (Phi) is 9.51. The maximum atomic E-state index is 10.3. The minimum atomic E-state index is -1.39. The van der Waals surface area contributed by atoms with Crippen LogP contribution in [0.3, 0.4) is 0 Å². The molecule has 0 aromatic heterocycles. The summed E-state index contributed by atoms with van der Waals surface area (Å²) in [5, 5.41) is 39.7. The molecule has 1 aromatic rings. The first-order chi connectivity index (χ1) is 13.1. The summed E-state index contributed by atoms with van der Waals surface area (Å²) >= 11 is 0. The number of benzene rings is 1. The van der Waals surface area contributed by atoms with Crippen LogP contribution in [0.1, 0.15) is 63.5 Å². The zero-order chi connectivity index (χ0) is 19.6. The molecule has 1 saturated heterocycles. The van der Waals surface area contributed by atoms with E-state index in [-0.39, 0.29) is 0 Å².